The van der Waals surface area contributed by atoms with E-state index < -0.39 is 0 Å². The lowest BCUT2D eigenvalue weighted by atomic mass is 10.1. The molecule has 26 heavy (non-hydrogen) atoms. The number of urea groups is 1. The summed E-state index contributed by atoms with van der Waals surface area (Å²) in [5.74, 6) is 0.653. The maximum absolute atomic E-state index is 12.3. The van der Waals surface area contributed by atoms with E-state index in [1.165, 1.54) is 0 Å². The highest BCUT2D eigenvalue weighted by atomic mass is 16.2. The third kappa shape index (κ3) is 4.41. The number of benzene rings is 1. The predicted molar refractivity (Wildman–Crippen MR) is 99.9 cm³/mol. The van der Waals surface area contributed by atoms with Gasteiger partial charge in [0.15, 0.2) is 0 Å². The van der Waals surface area contributed by atoms with Crippen molar-refractivity contribution < 1.29 is 9.59 Å². The van der Waals surface area contributed by atoms with E-state index >= 15 is 0 Å². The largest absolute Gasteiger partial charge is 0.338 e. The molecule has 3 rings (SSSR count). The van der Waals surface area contributed by atoms with Crippen molar-refractivity contribution in [3.8, 4) is 0 Å². The van der Waals surface area contributed by atoms with Crippen LogP contribution in [0.4, 0.5) is 10.6 Å². The minimum atomic E-state index is -0.0577. The Morgan fingerprint density at radius 1 is 1.15 bits per heavy atom. The van der Waals surface area contributed by atoms with Gasteiger partial charge in [0, 0.05) is 25.7 Å². The minimum Gasteiger partial charge on any atom is -0.338 e. The van der Waals surface area contributed by atoms with Crippen LogP contribution in [-0.4, -0.2) is 46.3 Å². The van der Waals surface area contributed by atoms with Crippen LogP contribution in [0.2, 0.25) is 0 Å². The van der Waals surface area contributed by atoms with Crippen LogP contribution in [0.5, 0.6) is 0 Å². The zero-order chi connectivity index (χ0) is 18.4. The summed E-state index contributed by atoms with van der Waals surface area (Å²) in [7, 11) is 0. The van der Waals surface area contributed by atoms with Crippen LogP contribution in [0.25, 0.3) is 0 Å². The number of nitrogens with zero attached hydrogens (tertiary/aromatic N) is 3. The highest BCUT2D eigenvalue weighted by Gasteiger charge is 2.25. The zero-order valence-corrected chi connectivity index (χ0v) is 15.0. The number of rotatable bonds is 5. The van der Waals surface area contributed by atoms with Gasteiger partial charge in [-0.25, -0.2) is 9.48 Å². The van der Waals surface area contributed by atoms with Crippen LogP contribution in [-0.2, 0) is 11.2 Å². The molecule has 2 N–H and O–H groups in total. The van der Waals surface area contributed by atoms with Crippen molar-refractivity contribution in [2.24, 2.45) is 0 Å². The van der Waals surface area contributed by atoms with Crippen LogP contribution in [0.3, 0.4) is 0 Å². The molecule has 0 spiro atoms. The summed E-state index contributed by atoms with van der Waals surface area (Å²) in [4.78, 5) is 26.1. The van der Waals surface area contributed by atoms with Gasteiger partial charge >= 0.3 is 6.03 Å². The Labute approximate surface area is 153 Å². The maximum Gasteiger partial charge on any atom is 0.317 e. The number of amides is 3. The molecule has 7 heteroatoms. The standard InChI is InChI=1S/C19H25N5O2/c1-2-20-19(26)23-12-9-16(10-13-23)24-17(8-11-21-24)22-18(25)14-15-6-4-3-5-7-15/h3-8,11,16H,2,9-10,12-14H2,1H3,(H,20,26)(H,22,25). The van der Waals surface area contributed by atoms with Gasteiger partial charge in [-0.2, -0.15) is 5.10 Å². The third-order valence-electron chi connectivity index (χ3n) is 4.57. The molecule has 1 aliphatic heterocycles. The summed E-state index contributed by atoms with van der Waals surface area (Å²) in [5.41, 5.74) is 0.978. The van der Waals surface area contributed by atoms with Crippen molar-refractivity contribution in [1.82, 2.24) is 20.0 Å². The summed E-state index contributed by atoms with van der Waals surface area (Å²) < 4.78 is 1.87. The summed E-state index contributed by atoms with van der Waals surface area (Å²) in [6.45, 7) is 3.93. The topological polar surface area (TPSA) is 79.3 Å². The Morgan fingerprint density at radius 3 is 2.58 bits per heavy atom. The minimum absolute atomic E-state index is 0.0113. The first-order valence-electron chi connectivity index (χ1n) is 9.07. The zero-order valence-electron chi connectivity index (χ0n) is 15.0. The van der Waals surface area contributed by atoms with Crippen LogP contribution in [0.15, 0.2) is 42.6 Å². The van der Waals surface area contributed by atoms with Crippen LogP contribution < -0.4 is 10.6 Å². The van der Waals surface area contributed by atoms with Gasteiger partial charge in [0.1, 0.15) is 5.82 Å². The first-order chi connectivity index (χ1) is 12.7. The van der Waals surface area contributed by atoms with E-state index in [0.717, 1.165) is 18.4 Å². The van der Waals surface area contributed by atoms with E-state index in [9.17, 15) is 9.59 Å². The number of carbonyl (C=O) groups excluding carboxylic acids is 2. The SMILES string of the molecule is CCNC(=O)N1CCC(n2nccc2NC(=O)Cc2ccccc2)CC1. The molecule has 7 nitrogen and oxygen atoms in total. The molecule has 1 aromatic heterocycles. The molecule has 0 bridgehead atoms. The van der Waals surface area contributed by atoms with E-state index in [1.807, 2.05) is 52.9 Å². The highest BCUT2D eigenvalue weighted by molar-refractivity contribution is 5.91. The molecule has 138 valence electrons. The van der Waals surface area contributed by atoms with Gasteiger partial charge in [-0.05, 0) is 25.3 Å². The Balaban J connectivity index is 1.57. The normalized spacial score (nSPS) is 14.9. The summed E-state index contributed by atoms with van der Waals surface area (Å²) in [5, 5.41) is 10.2. The number of aromatic nitrogens is 2. The fourth-order valence-electron chi connectivity index (χ4n) is 3.25. The lowest BCUT2D eigenvalue weighted by molar-refractivity contribution is -0.115. The molecule has 1 aromatic carbocycles. The number of anilines is 1. The van der Waals surface area contributed by atoms with Gasteiger partial charge in [0.2, 0.25) is 5.91 Å². The number of hydrogen-bond donors (Lipinski definition) is 2. The highest BCUT2D eigenvalue weighted by Crippen LogP contribution is 2.25. The smallest absolute Gasteiger partial charge is 0.317 e. The Kier molecular flexibility index (Phi) is 5.88. The quantitative estimate of drug-likeness (QED) is 0.864. The first kappa shape index (κ1) is 18.0. The van der Waals surface area contributed by atoms with E-state index in [0.29, 0.717) is 31.9 Å². The molecule has 3 amide bonds. The monoisotopic (exact) mass is 355 g/mol. The van der Waals surface area contributed by atoms with Crippen molar-refractivity contribution >= 4 is 17.8 Å². The number of likely N-dealkylation sites (tertiary alicyclic amines) is 1. The number of hydrogen-bond acceptors (Lipinski definition) is 3. The average Bonchev–Trinajstić information content (AvgIpc) is 3.11. The van der Waals surface area contributed by atoms with E-state index in [2.05, 4.69) is 15.7 Å². The molecule has 1 aliphatic rings. The molecular weight excluding hydrogens is 330 g/mol. The second kappa shape index (κ2) is 8.51. The molecule has 0 atom stereocenters. The van der Waals surface area contributed by atoms with Crippen LogP contribution in [0, 0.1) is 0 Å². The van der Waals surface area contributed by atoms with E-state index in [1.54, 1.807) is 6.20 Å². The van der Waals surface area contributed by atoms with Crippen molar-refractivity contribution in [3.05, 3.63) is 48.2 Å². The van der Waals surface area contributed by atoms with Crippen LogP contribution >= 0.6 is 0 Å². The van der Waals surface area contributed by atoms with Crippen molar-refractivity contribution in [3.63, 3.8) is 0 Å². The Morgan fingerprint density at radius 2 is 1.88 bits per heavy atom. The van der Waals surface area contributed by atoms with Gasteiger partial charge < -0.3 is 15.5 Å². The summed E-state index contributed by atoms with van der Waals surface area (Å²) in [6, 6.07) is 11.7. The number of piperidine rings is 1. The van der Waals surface area contributed by atoms with Crippen molar-refractivity contribution in [2.75, 3.05) is 25.0 Å². The van der Waals surface area contributed by atoms with Crippen molar-refractivity contribution in [1.29, 1.82) is 0 Å². The fraction of sp³-hybridized carbons (Fsp3) is 0.421. The fourth-order valence-corrected chi connectivity index (χ4v) is 3.25. The molecule has 1 saturated heterocycles. The summed E-state index contributed by atoms with van der Waals surface area (Å²) >= 11 is 0. The Hall–Kier alpha value is -2.83. The van der Waals surface area contributed by atoms with E-state index in [4.69, 9.17) is 0 Å². The molecular formula is C19H25N5O2. The second-order valence-electron chi connectivity index (χ2n) is 6.43. The van der Waals surface area contributed by atoms with E-state index in [-0.39, 0.29) is 18.0 Å². The number of carbonyl (C=O) groups is 2. The van der Waals surface area contributed by atoms with Gasteiger partial charge in [-0.1, -0.05) is 30.3 Å². The first-order valence-corrected chi connectivity index (χ1v) is 9.07. The van der Waals surface area contributed by atoms with Crippen molar-refractivity contribution in [2.45, 2.75) is 32.2 Å². The predicted octanol–water partition coefficient (Wildman–Crippen LogP) is 2.43. The third-order valence-corrected chi connectivity index (χ3v) is 4.57. The lowest BCUT2D eigenvalue weighted by Gasteiger charge is -2.32. The molecule has 2 heterocycles. The Bertz CT molecular complexity index is 735. The van der Waals surface area contributed by atoms with Gasteiger partial charge in [0.05, 0.1) is 18.7 Å². The average molecular weight is 355 g/mol. The molecule has 0 saturated carbocycles. The van der Waals surface area contributed by atoms with Crippen LogP contribution in [0.1, 0.15) is 31.4 Å². The van der Waals surface area contributed by atoms with Gasteiger partial charge in [-0.3, -0.25) is 4.79 Å². The second-order valence-corrected chi connectivity index (χ2v) is 6.43. The molecule has 1 fully saturated rings. The van der Waals surface area contributed by atoms with Gasteiger partial charge in [0.25, 0.3) is 0 Å². The lowest BCUT2D eigenvalue weighted by Crippen LogP contribution is -2.44. The molecule has 0 aliphatic carbocycles. The van der Waals surface area contributed by atoms with Gasteiger partial charge in [-0.15, -0.1) is 0 Å². The maximum atomic E-state index is 12.3. The molecule has 0 radical (unpaired) electrons. The molecule has 2 aromatic rings. The number of nitrogens with one attached hydrogen (secondary N) is 2. The summed E-state index contributed by atoms with van der Waals surface area (Å²) in [6.07, 6.45) is 3.68. The molecule has 0 unspecified atom stereocenters.